The van der Waals surface area contributed by atoms with Crippen molar-refractivity contribution >= 4 is 16.8 Å². The van der Waals surface area contributed by atoms with Crippen LogP contribution < -0.4 is 16.0 Å². The van der Waals surface area contributed by atoms with Gasteiger partial charge in [0.2, 0.25) is 5.91 Å². The summed E-state index contributed by atoms with van der Waals surface area (Å²) in [4.78, 5) is 19.5. The monoisotopic (exact) mass is 544 g/mol. The number of pyridine rings is 1. The maximum Gasteiger partial charge on any atom is 0.249 e. The zero-order valence-corrected chi connectivity index (χ0v) is 22.1. The van der Waals surface area contributed by atoms with E-state index in [2.05, 4.69) is 9.88 Å². The SMILES string of the molecule is COc1ccc2ncc(CN)c(CCCC3(C(=O)NO)CCN(CCCc4cc(F)cc(F)c4F)CC3)c2c1. The summed E-state index contributed by atoms with van der Waals surface area (Å²) in [6, 6.07) is 7.30. The van der Waals surface area contributed by atoms with E-state index >= 15 is 0 Å². The number of hydrogen-bond acceptors (Lipinski definition) is 6. The lowest BCUT2D eigenvalue weighted by atomic mass is 9.73. The average Bonchev–Trinajstić information content (AvgIpc) is 2.95. The third kappa shape index (κ3) is 6.51. The first-order valence-electron chi connectivity index (χ1n) is 13.2. The quantitative estimate of drug-likeness (QED) is 0.184. The normalized spacial score (nSPS) is 15.4. The minimum absolute atomic E-state index is 0.0246. The van der Waals surface area contributed by atoms with Gasteiger partial charge in [-0.05, 0) is 106 Å². The lowest BCUT2D eigenvalue weighted by Gasteiger charge is -2.40. The number of nitrogens with two attached hydrogens (primary N) is 1. The fourth-order valence-corrected chi connectivity index (χ4v) is 5.67. The molecule has 0 radical (unpaired) electrons. The number of likely N-dealkylation sites (tertiary alicyclic amines) is 1. The molecule has 1 aromatic heterocycles. The minimum atomic E-state index is -1.18. The molecule has 1 aliphatic heterocycles. The number of carbonyl (C=O) groups excluding carboxylic acids is 1. The molecule has 0 saturated carbocycles. The highest BCUT2D eigenvalue weighted by Crippen LogP contribution is 2.38. The molecule has 3 aromatic rings. The molecule has 1 fully saturated rings. The Labute approximate surface area is 226 Å². The van der Waals surface area contributed by atoms with Crippen LogP contribution >= 0.6 is 0 Å². The van der Waals surface area contributed by atoms with E-state index in [0.717, 1.165) is 33.8 Å². The van der Waals surface area contributed by atoms with Crippen LogP contribution in [0.5, 0.6) is 5.75 Å². The second-order valence-corrected chi connectivity index (χ2v) is 10.2. The van der Waals surface area contributed by atoms with Crippen molar-refractivity contribution in [1.82, 2.24) is 15.4 Å². The Morgan fingerprint density at radius 1 is 1.13 bits per heavy atom. The molecule has 0 atom stereocenters. The molecule has 2 aromatic carbocycles. The van der Waals surface area contributed by atoms with Crippen LogP contribution in [-0.4, -0.2) is 47.7 Å². The third-order valence-corrected chi connectivity index (χ3v) is 7.96. The van der Waals surface area contributed by atoms with Gasteiger partial charge in [-0.1, -0.05) is 0 Å². The van der Waals surface area contributed by atoms with E-state index in [-0.39, 0.29) is 17.9 Å². The van der Waals surface area contributed by atoms with Gasteiger partial charge < -0.3 is 15.4 Å². The van der Waals surface area contributed by atoms with Crippen molar-refractivity contribution in [3.8, 4) is 5.75 Å². The van der Waals surface area contributed by atoms with E-state index in [1.165, 1.54) is 0 Å². The van der Waals surface area contributed by atoms with Crippen molar-refractivity contribution in [2.24, 2.45) is 11.1 Å². The molecule has 0 aliphatic carbocycles. The molecule has 1 amide bonds. The number of aromatic nitrogens is 1. The first-order chi connectivity index (χ1) is 18.8. The number of amides is 1. The Morgan fingerprint density at radius 3 is 2.59 bits per heavy atom. The van der Waals surface area contributed by atoms with Crippen LogP contribution in [0, 0.1) is 22.9 Å². The number of halogens is 3. The molecule has 210 valence electrons. The number of methoxy groups -OCH3 is 1. The average molecular weight is 545 g/mol. The van der Waals surface area contributed by atoms with Crippen molar-refractivity contribution in [3.05, 3.63) is 70.7 Å². The highest BCUT2D eigenvalue weighted by Gasteiger charge is 2.40. The van der Waals surface area contributed by atoms with Crippen LogP contribution in [-0.2, 0) is 24.2 Å². The third-order valence-electron chi connectivity index (χ3n) is 7.96. The predicted molar refractivity (Wildman–Crippen MR) is 142 cm³/mol. The number of nitrogens with one attached hydrogen (secondary N) is 1. The lowest BCUT2D eigenvalue weighted by Crippen LogP contribution is -2.48. The molecule has 7 nitrogen and oxygen atoms in total. The zero-order valence-electron chi connectivity index (χ0n) is 22.1. The van der Waals surface area contributed by atoms with Gasteiger partial charge in [-0.2, -0.15) is 0 Å². The van der Waals surface area contributed by atoms with E-state index in [9.17, 15) is 23.2 Å². The number of benzene rings is 2. The summed E-state index contributed by atoms with van der Waals surface area (Å²) < 4.78 is 46.3. The second-order valence-electron chi connectivity index (χ2n) is 10.2. The highest BCUT2D eigenvalue weighted by atomic mass is 19.2. The summed E-state index contributed by atoms with van der Waals surface area (Å²) in [6.07, 6.45) is 5.63. The van der Waals surface area contributed by atoms with E-state index in [1.807, 2.05) is 23.7 Å². The molecule has 4 rings (SSSR count). The summed E-state index contributed by atoms with van der Waals surface area (Å²) in [6.45, 7) is 2.20. The molecule has 0 unspecified atom stereocenters. The summed E-state index contributed by atoms with van der Waals surface area (Å²) in [5.41, 5.74) is 10.1. The van der Waals surface area contributed by atoms with Gasteiger partial charge in [0.15, 0.2) is 11.6 Å². The van der Waals surface area contributed by atoms with E-state index < -0.39 is 22.9 Å². The molecule has 1 aliphatic rings. The first kappa shape index (κ1) is 28.8. The molecule has 10 heteroatoms. The number of fused-ring (bicyclic) bond motifs is 1. The first-order valence-corrected chi connectivity index (χ1v) is 13.2. The predicted octanol–water partition coefficient (Wildman–Crippen LogP) is 4.66. The largest absolute Gasteiger partial charge is 0.497 e. The Balaban J connectivity index is 1.38. The van der Waals surface area contributed by atoms with E-state index in [4.69, 9.17) is 10.5 Å². The molecule has 0 spiro atoms. The van der Waals surface area contributed by atoms with E-state index in [0.29, 0.717) is 70.8 Å². The number of ether oxygens (including phenoxy) is 1. The van der Waals surface area contributed by atoms with Gasteiger partial charge in [0.25, 0.3) is 0 Å². The molecule has 4 N–H and O–H groups in total. The van der Waals surface area contributed by atoms with Crippen LogP contribution in [0.1, 0.15) is 48.8 Å². The van der Waals surface area contributed by atoms with Crippen LogP contribution in [0.25, 0.3) is 10.9 Å². The van der Waals surface area contributed by atoms with Gasteiger partial charge in [-0.25, -0.2) is 18.7 Å². The Kier molecular flexibility index (Phi) is 9.42. The summed E-state index contributed by atoms with van der Waals surface area (Å²) in [5.74, 6) is -2.64. The Morgan fingerprint density at radius 2 is 1.90 bits per heavy atom. The fraction of sp³-hybridized carbons (Fsp3) is 0.448. The molecular formula is C29H35F3N4O3. The van der Waals surface area contributed by atoms with E-state index in [1.54, 1.807) is 13.3 Å². The van der Waals surface area contributed by atoms with Crippen LogP contribution in [0.2, 0.25) is 0 Å². The summed E-state index contributed by atoms with van der Waals surface area (Å²) >= 11 is 0. The number of hydrogen-bond donors (Lipinski definition) is 3. The van der Waals surface area contributed by atoms with Gasteiger partial charge in [0.1, 0.15) is 11.6 Å². The van der Waals surface area contributed by atoms with Crippen LogP contribution in [0.4, 0.5) is 13.2 Å². The number of nitrogens with zero attached hydrogens (tertiary/aromatic N) is 2. The molecule has 0 bridgehead atoms. The van der Waals surface area contributed by atoms with Crippen molar-refractivity contribution < 1.29 is 27.9 Å². The standard InChI is InChI=1S/C29H35F3N4O3/c1-39-22-6-7-26-24(16-22)23(20(17-33)18-34-26)5-2-8-29(28(37)35-38)9-12-36(13-10-29)11-3-4-19-14-21(30)15-25(31)27(19)32/h6-7,14-16,18,38H,2-5,8-13,17,33H2,1H3,(H,35,37). The maximum atomic E-state index is 13.9. The molecule has 2 heterocycles. The smallest absolute Gasteiger partial charge is 0.249 e. The topological polar surface area (TPSA) is 101 Å². The minimum Gasteiger partial charge on any atom is -0.497 e. The van der Waals surface area contributed by atoms with Gasteiger partial charge in [-0.15, -0.1) is 0 Å². The van der Waals surface area contributed by atoms with Crippen LogP contribution in [0.3, 0.4) is 0 Å². The number of aryl methyl sites for hydroxylation is 2. The summed E-state index contributed by atoms with van der Waals surface area (Å²) in [7, 11) is 1.62. The van der Waals surface area contributed by atoms with Gasteiger partial charge in [-0.3, -0.25) is 15.0 Å². The van der Waals surface area contributed by atoms with Crippen molar-refractivity contribution in [2.45, 2.75) is 51.5 Å². The number of rotatable bonds is 11. The van der Waals surface area contributed by atoms with Crippen molar-refractivity contribution in [2.75, 3.05) is 26.7 Å². The number of piperidine rings is 1. The maximum absolute atomic E-state index is 13.9. The van der Waals surface area contributed by atoms with Crippen molar-refractivity contribution in [1.29, 1.82) is 0 Å². The zero-order chi connectivity index (χ0) is 28.0. The fourth-order valence-electron chi connectivity index (χ4n) is 5.67. The number of carbonyl (C=O) groups is 1. The van der Waals surface area contributed by atoms with Gasteiger partial charge in [0.05, 0.1) is 18.0 Å². The summed E-state index contributed by atoms with van der Waals surface area (Å²) in [5, 5.41) is 10.5. The number of hydroxylamine groups is 1. The van der Waals surface area contributed by atoms with Gasteiger partial charge >= 0.3 is 0 Å². The lowest BCUT2D eigenvalue weighted by molar-refractivity contribution is -0.143. The second kappa shape index (κ2) is 12.8. The Bertz CT molecular complexity index is 1310. The molecular weight excluding hydrogens is 509 g/mol. The Hall–Kier alpha value is -3.21. The van der Waals surface area contributed by atoms with Gasteiger partial charge in [0, 0.05) is 24.2 Å². The molecule has 1 saturated heterocycles. The molecule has 39 heavy (non-hydrogen) atoms. The van der Waals surface area contributed by atoms with Crippen LogP contribution in [0.15, 0.2) is 36.5 Å². The highest BCUT2D eigenvalue weighted by molar-refractivity contribution is 5.84. The van der Waals surface area contributed by atoms with Crippen molar-refractivity contribution in [3.63, 3.8) is 0 Å².